The normalized spacial score (nSPS) is 16.0. The van der Waals surface area contributed by atoms with Gasteiger partial charge in [0.2, 0.25) is 0 Å². The Kier molecular flexibility index (Phi) is 5.71. The van der Waals surface area contributed by atoms with Crippen LogP contribution in [0.15, 0.2) is 42.5 Å². The third-order valence-corrected chi connectivity index (χ3v) is 4.91. The molecule has 0 saturated carbocycles. The van der Waals surface area contributed by atoms with Crippen molar-refractivity contribution in [2.24, 2.45) is 0 Å². The molecule has 5 heteroatoms. The lowest BCUT2D eigenvalue weighted by molar-refractivity contribution is 0.0934. The number of benzene rings is 2. The van der Waals surface area contributed by atoms with E-state index in [-0.39, 0.29) is 11.6 Å². The molecule has 3 rings (SSSR count). The Hall–Kier alpha value is -1.91. The van der Waals surface area contributed by atoms with Crippen LogP contribution < -0.4 is 5.32 Å². The molecule has 132 valence electrons. The minimum absolute atomic E-state index is 0.0171. The molecule has 0 radical (unpaired) electrons. The average Bonchev–Trinajstić information content (AvgIpc) is 3.13. The molecule has 2 aromatic carbocycles. The van der Waals surface area contributed by atoms with E-state index in [1.807, 2.05) is 0 Å². The van der Waals surface area contributed by atoms with Crippen LogP contribution in [0.3, 0.4) is 0 Å². The number of nitrogens with zero attached hydrogens (tertiary/aromatic N) is 1. The number of carbonyl (C=O) groups is 1. The first kappa shape index (κ1) is 17.9. The van der Waals surface area contributed by atoms with Crippen LogP contribution >= 0.6 is 11.6 Å². The molecular formula is C20H22ClFN2O. The van der Waals surface area contributed by atoms with Crippen molar-refractivity contribution in [2.45, 2.75) is 25.8 Å². The highest BCUT2D eigenvalue weighted by atomic mass is 35.5. The maximum Gasteiger partial charge on any atom is 0.254 e. The maximum atomic E-state index is 13.9. The number of hydrogen-bond donors (Lipinski definition) is 1. The molecule has 0 aliphatic carbocycles. The summed E-state index contributed by atoms with van der Waals surface area (Å²) in [5.74, 6) is -0.994. The fourth-order valence-corrected chi connectivity index (χ4v) is 3.43. The van der Waals surface area contributed by atoms with Gasteiger partial charge in [-0.15, -0.1) is 0 Å². The minimum atomic E-state index is -0.560. The Morgan fingerprint density at radius 3 is 2.56 bits per heavy atom. The van der Waals surface area contributed by atoms with Crippen LogP contribution in [0.5, 0.6) is 0 Å². The molecular weight excluding hydrogens is 339 g/mol. The van der Waals surface area contributed by atoms with Gasteiger partial charge in [0, 0.05) is 11.6 Å². The van der Waals surface area contributed by atoms with Gasteiger partial charge in [-0.3, -0.25) is 9.69 Å². The van der Waals surface area contributed by atoms with Crippen molar-refractivity contribution in [1.82, 2.24) is 10.2 Å². The van der Waals surface area contributed by atoms with E-state index in [0.29, 0.717) is 11.6 Å². The van der Waals surface area contributed by atoms with Gasteiger partial charge in [0.05, 0.1) is 11.6 Å². The lowest BCUT2D eigenvalue weighted by Crippen LogP contribution is -2.37. The van der Waals surface area contributed by atoms with Crippen molar-refractivity contribution in [1.29, 1.82) is 0 Å². The van der Waals surface area contributed by atoms with Crippen molar-refractivity contribution in [3.8, 4) is 0 Å². The summed E-state index contributed by atoms with van der Waals surface area (Å²) in [4.78, 5) is 14.8. The molecule has 1 heterocycles. The number of aryl methyl sites for hydroxylation is 1. The lowest BCUT2D eigenvalue weighted by atomic mass is 10.0. The highest BCUT2D eigenvalue weighted by molar-refractivity contribution is 6.31. The summed E-state index contributed by atoms with van der Waals surface area (Å²) in [6.07, 6.45) is 2.33. The van der Waals surface area contributed by atoms with Gasteiger partial charge in [-0.1, -0.05) is 41.4 Å². The Balaban J connectivity index is 1.75. The van der Waals surface area contributed by atoms with Crippen LogP contribution in [-0.4, -0.2) is 30.4 Å². The maximum absolute atomic E-state index is 13.9. The summed E-state index contributed by atoms with van der Waals surface area (Å²) in [6, 6.07) is 12.5. The first-order valence-corrected chi connectivity index (χ1v) is 8.96. The largest absolute Gasteiger partial charge is 0.350 e. The third kappa shape index (κ3) is 4.39. The third-order valence-electron chi connectivity index (χ3n) is 4.67. The molecule has 2 aromatic rings. The van der Waals surface area contributed by atoms with E-state index in [0.717, 1.165) is 13.1 Å². The molecule has 1 atom stereocenters. The van der Waals surface area contributed by atoms with E-state index < -0.39 is 11.7 Å². The molecule has 1 aliphatic heterocycles. The second-order valence-electron chi connectivity index (χ2n) is 6.50. The van der Waals surface area contributed by atoms with Crippen molar-refractivity contribution in [3.63, 3.8) is 0 Å². The van der Waals surface area contributed by atoms with Crippen LogP contribution in [0, 0.1) is 12.7 Å². The molecule has 0 spiro atoms. The quantitative estimate of drug-likeness (QED) is 0.859. The molecule has 1 amide bonds. The van der Waals surface area contributed by atoms with E-state index in [9.17, 15) is 9.18 Å². The zero-order valence-electron chi connectivity index (χ0n) is 14.3. The smallest absolute Gasteiger partial charge is 0.254 e. The highest BCUT2D eigenvalue weighted by Crippen LogP contribution is 2.25. The molecule has 25 heavy (non-hydrogen) atoms. The summed E-state index contributed by atoms with van der Waals surface area (Å²) >= 11 is 5.88. The van der Waals surface area contributed by atoms with Gasteiger partial charge < -0.3 is 5.32 Å². The van der Waals surface area contributed by atoms with E-state index >= 15 is 0 Å². The Bertz CT molecular complexity index is 742. The standard InChI is InChI=1S/C20H22ClFN2O/c1-14-4-6-15(7-5-14)19(24-10-2-3-11-24)13-23-20(25)17-12-16(21)8-9-18(17)22/h4-9,12,19H,2-3,10-11,13H2,1H3,(H,23,25). The second kappa shape index (κ2) is 7.98. The van der Waals surface area contributed by atoms with Gasteiger partial charge in [-0.25, -0.2) is 4.39 Å². The molecule has 3 nitrogen and oxygen atoms in total. The van der Waals surface area contributed by atoms with Crippen molar-refractivity contribution < 1.29 is 9.18 Å². The van der Waals surface area contributed by atoms with Gasteiger partial charge in [0.15, 0.2) is 0 Å². The number of hydrogen-bond acceptors (Lipinski definition) is 2. The van der Waals surface area contributed by atoms with Crippen LogP contribution in [0.2, 0.25) is 5.02 Å². The fraction of sp³-hybridized carbons (Fsp3) is 0.350. The van der Waals surface area contributed by atoms with E-state index in [1.165, 1.54) is 42.2 Å². The van der Waals surface area contributed by atoms with Gasteiger partial charge in [0.1, 0.15) is 5.82 Å². The van der Waals surface area contributed by atoms with E-state index in [1.54, 1.807) is 0 Å². The first-order chi connectivity index (χ1) is 12.0. The number of rotatable bonds is 5. The number of halogens is 2. The Labute approximate surface area is 152 Å². The molecule has 1 fully saturated rings. The number of amides is 1. The summed E-state index contributed by atoms with van der Waals surface area (Å²) in [5, 5.41) is 3.23. The van der Waals surface area contributed by atoms with Crippen LogP contribution in [-0.2, 0) is 0 Å². The topological polar surface area (TPSA) is 32.3 Å². The van der Waals surface area contributed by atoms with Crippen molar-refractivity contribution >= 4 is 17.5 Å². The first-order valence-electron chi connectivity index (χ1n) is 8.58. The highest BCUT2D eigenvalue weighted by Gasteiger charge is 2.24. The SMILES string of the molecule is Cc1ccc(C(CNC(=O)c2cc(Cl)ccc2F)N2CCCC2)cc1. The average molecular weight is 361 g/mol. The van der Waals surface area contributed by atoms with Gasteiger partial charge in [-0.05, 0) is 56.6 Å². The van der Waals surface area contributed by atoms with Crippen molar-refractivity contribution in [2.75, 3.05) is 19.6 Å². The summed E-state index contributed by atoms with van der Waals surface area (Å²) < 4.78 is 13.9. The zero-order valence-corrected chi connectivity index (χ0v) is 15.0. The summed E-state index contributed by atoms with van der Waals surface area (Å²) in [5.41, 5.74) is 2.35. The van der Waals surface area contributed by atoms with E-state index in [2.05, 4.69) is 41.4 Å². The van der Waals surface area contributed by atoms with Gasteiger partial charge >= 0.3 is 0 Å². The number of carbonyl (C=O) groups excluding carboxylic acids is 1. The second-order valence-corrected chi connectivity index (χ2v) is 6.94. The fourth-order valence-electron chi connectivity index (χ4n) is 3.26. The number of nitrogens with one attached hydrogen (secondary N) is 1. The van der Waals surface area contributed by atoms with Crippen LogP contribution in [0.4, 0.5) is 4.39 Å². The van der Waals surface area contributed by atoms with Gasteiger partial charge in [-0.2, -0.15) is 0 Å². The number of likely N-dealkylation sites (tertiary alicyclic amines) is 1. The van der Waals surface area contributed by atoms with Crippen molar-refractivity contribution in [3.05, 3.63) is 70.0 Å². The van der Waals surface area contributed by atoms with Gasteiger partial charge in [0.25, 0.3) is 5.91 Å². The summed E-state index contributed by atoms with van der Waals surface area (Å²) in [7, 11) is 0. The monoisotopic (exact) mass is 360 g/mol. The molecule has 1 saturated heterocycles. The predicted octanol–water partition coefficient (Wildman–Crippen LogP) is 4.35. The van der Waals surface area contributed by atoms with Crippen LogP contribution in [0.25, 0.3) is 0 Å². The summed E-state index contributed by atoms with van der Waals surface area (Å²) in [6.45, 7) is 4.52. The molecule has 1 aliphatic rings. The molecule has 0 aromatic heterocycles. The van der Waals surface area contributed by atoms with E-state index in [4.69, 9.17) is 11.6 Å². The molecule has 0 bridgehead atoms. The van der Waals surface area contributed by atoms with Crippen LogP contribution in [0.1, 0.15) is 40.4 Å². The lowest BCUT2D eigenvalue weighted by Gasteiger charge is -2.28. The minimum Gasteiger partial charge on any atom is -0.350 e. The molecule has 1 unspecified atom stereocenters. The molecule has 1 N–H and O–H groups in total. The Morgan fingerprint density at radius 2 is 1.88 bits per heavy atom. The predicted molar refractivity (Wildman–Crippen MR) is 98.5 cm³/mol. The zero-order chi connectivity index (χ0) is 17.8. The Morgan fingerprint density at radius 1 is 1.20 bits per heavy atom.